The van der Waals surface area contributed by atoms with E-state index in [2.05, 4.69) is 15.0 Å². The van der Waals surface area contributed by atoms with E-state index in [1.54, 1.807) is 0 Å². The van der Waals surface area contributed by atoms with Gasteiger partial charge in [-0.3, -0.25) is 28.6 Å². The Morgan fingerprint density at radius 1 is 0.976 bits per heavy atom. The number of hydrogen-bond acceptors (Lipinski definition) is 10. The van der Waals surface area contributed by atoms with Crippen molar-refractivity contribution in [3.8, 4) is 11.5 Å². The highest BCUT2D eigenvalue weighted by Gasteiger charge is 2.46. The van der Waals surface area contributed by atoms with Crippen molar-refractivity contribution in [2.75, 3.05) is 18.9 Å². The van der Waals surface area contributed by atoms with Crippen molar-refractivity contribution in [2.45, 2.75) is 12.5 Å². The smallest absolute Gasteiger partial charge is 0.401 e. The number of rotatable bonds is 11. The molecule has 5 rings (SSSR count). The lowest BCUT2D eigenvalue weighted by Crippen LogP contribution is -2.43. The molecule has 4 aromatic rings. The molecule has 1 aliphatic rings. The van der Waals surface area contributed by atoms with Gasteiger partial charge in [-0.25, -0.2) is 22.9 Å². The van der Waals surface area contributed by atoms with Crippen molar-refractivity contribution >= 4 is 32.8 Å². The Morgan fingerprint density at radius 3 is 2.12 bits per heavy atom. The van der Waals surface area contributed by atoms with Gasteiger partial charge in [-0.2, -0.15) is 4.98 Å². The lowest BCUT2D eigenvalue weighted by Gasteiger charge is -2.45. The first-order chi connectivity index (χ1) is 19.4. The van der Waals surface area contributed by atoms with Gasteiger partial charge in [-0.05, 0) is 36.6 Å². The Bertz CT molecular complexity index is 1740. The van der Waals surface area contributed by atoms with E-state index in [4.69, 9.17) is 23.8 Å². The maximum atomic E-state index is 13.9. The van der Waals surface area contributed by atoms with Crippen LogP contribution in [0.3, 0.4) is 0 Å². The van der Waals surface area contributed by atoms with E-state index in [0.717, 1.165) is 24.3 Å². The number of nitrogen functional groups attached to an aromatic ring is 1. The van der Waals surface area contributed by atoms with Crippen molar-refractivity contribution in [1.82, 2.24) is 19.5 Å². The molecule has 0 saturated heterocycles. The maximum absolute atomic E-state index is 13.9. The van der Waals surface area contributed by atoms with Crippen LogP contribution in [0, 0.1) is 23.5 Å². The zero-order valence-corrected chi connectivity index (χ0v) is 22.7. The first-order valence-electron chi connectivity index (χ1n) is 12.0. The van der Waals surface area contributed by atoms with Gasteiger partial charge in [0.25, 0.3) is 5.56 Å². The molecule has 2 aromatic carbocycles. The molecule has 2 heterocycles. The zero-order chi connectivity index (χ0) is 29.4. The van der Waals surface area contributed by atoms with Crippen LogP contribution in [0.5, 0.6) is 11.5 Å². The second kappa shape index (κ2) is 11.3. The van der Waals surface area contributed by atoms with Gasteiger partial charge in [-0.15, -0.1) is 0 Å². The first-order valence-corrected chi connectivity index (χ1v) is 15.0. The molecule has 41 heavy (non-hydrogen) atoms. The third-order valence-corrected chi connectivity index (χ3v) is 8.24. The predicted octanol–water partition coefficient (Wildman–Crippen LogP) is 3.55. The molecule has 1 saturated carbocycles. The largest absolute Gasteiger partial charge is 0.527 e. The molecule has 1 fully saturated rings. The highest BCUT2D eigenvalue weighted by atomic mass is 31.2. The molecule has 0 amide bonds. The Hall–Kier alpha value is -3.65. The van der Waals surface area contributed by atoms with Crippen molar-refractivity contribution < 1.29 is 45.8 Å². The number of halogens is 2. The average Bonchev–Trinajstić information content (AvgIpc) is 3.29. The minimum Gasteiger partial charge on any atom is -0.401 e. The number of hydrogen-bond donors (Lipinski definition) is 4. The lowest BCUT2D eigenvalue weighted by atomic mass is 9.70. The van der Waals surface area contributed by atoms with Crippen LogP contribution in [-0.4, -0.2) is 42.5 Å². The Kier molecular flexibility index (Phi) is 7.97. The molecule has 0 radical (unpaired) electrons. The minimum absolute atomic E-state index is 0.00701. The molecular formula is C23H23F2N5O9P2. The second-order valence-electron chi connectivity index (χ2n) is 9.07. The van der Waals surface area contributed by atoms with E-state index < -0.39 is 75.4 Å². The van der Waals surface area contributed by atoms with Gasteiger partial charge in [0.05, 0.1) is 19.5 Å². The number of phosphoric acid groups is 2. The normalized spacial score (nSPS) is 21.5. The highest BCUT2D eigenvalue weighted by molar-refractivity contribution is 7.48. The third kappa shape index (κ3) is 6.48. The van der Waals surface area contributed by atoms with E-state index in [1.165, 1.54) is 35.2 Å². The van der Waals surface area contributed by atoms with Crippen molar-refractivity contribution in [2.24, 2.45) is 11.8 Å². The fourth-order valence-electron chi connectivity index (χ4n) is 4.43. The van der Waals surface area contributed by atoms with Gasteiger partial charge in [0.2, 0.25) is 5.95 Å². The average molecular weight is 613 g/mol. The molecule has 18 heteroatoms. The molecule has 218 valence electrons. The highest BCUT2D eigenvalue weighted by Crippen LogP contribution is 2.52. The third-order valence-electron chi connectivity index (χ3n) is 6.43. The summed E-state index contributed by atoms with van der Waals surface area (Å²) in [4.78, 5) is 43.1. The van der Waals surface area contributed by atoms with E-state index in [9.17, 15) is 32.5 Å². The molecule has 0 bridgehead atoms. The summed E-state index contributed by atoms with van der Waals surface area (Å²) in [6, 6.07) is 9.35. The number of aromatic amines is 1. The number of phosphoric ester groups is 2. The van der Waals surface area contributed by atoms with Crippen LogP contribution >= 0.6 is 15.6 Å². The summed E-state index contributed by atoms with van der Waals surface area (Å²) in [5.74, 6) is -4.19. The fraction of sp³-hybridized carbons (Fsp3) is 0.261. The number of imidazole rings is 1. The summed E-state index contributed by atoms with van der Waals surface area (Å²) in [7, 11) is -9.62. The summed E-state index contributed by atoms with van der Waals surface area (Å²) in [6.45, 7) is -0.872. The van der Waals surface area contributed by atoms with Crippen molar-refractivity contribution in [3.63, 3.8) is 0 Å². The number of nitrogens with zero attached hydrogens (tertiary/aromatic N) is 3. The van der Waals surface area contributed by atoms with Gasteiger partial charge >= 0.3 is 15.6 Å². The summed E-state index contributed by atoms with van der Waals surface area (Å²) < 4.78 is 74.4. The van der Waals surface area contributed by atoms with Crippen LogP contribution in [0.1, 0.15) is 12.5 Å². The number of benzene rings is 2. The maximum Gasteiger partial charge on any atom is 0.527 e. The molecule has 0 aliphatic heterocycles. The number of aromatic nitrogens is 4. The second-order valence-corrected chi connectivity index (χ2v) is 11.8. The number of H-pyrrole nitrogens is 1. The van der Waals surface area contributed by atoms with Crippen molar-refractivity contribution in [3.05, 3.63) is 76.8 Å². The number of nitrogens with two attached hydrogens (primary N) is 1. The monoisotopic (exact) mass is 613 g/mol. The van der Waals surface area contributed by atoms with Gasteiger partial charge in [0.15, 0.2) is 34.3 Å². The van der Waals surface area contributed by atoms with Gasteiger partial charge in [0.1, 0.15) is 0 Å². The van der Waals surface area contributed by atoms with Crippen LogP contribution in [0.2, 0.25) is 0 Å². The van der Waals surface area contributed by atoms with E-state index in [1.807, 2.05) is 0 Å². The van der Waals surface area contributed by atoms with Gasteiger partial charge in [-0.1, -0.05) is 24.3 Å². The summed E-state index contributed by atoms with van der Waals surface area (Å²) in [6.07, 6.45) is 1.57. The summed E-state index contributed by atoms with van der Waals surface area (Å²) in [5, 5.41) is 0. The molecule has 2 aromatic heterocycles. The quantitative estimate of drug-likeness (QED) is 0.180. The molecule has 5 atom stereocenters. The molecule has 0 spiro atoms. The molecule has 5 N–H and O–H groups in total. The predicted molar refractivity (Wildman–Crippen MR) is 139 cm³/mol. The van der Waals surface area contributed by atoms with E-state index in [-0.39, 0.29) is 23.5 Å². The Balaban J connectivity index is 1.34. The molecule has 14 nitrogen and oxygen atoms in total. The molecule has 1 aliphatic carbocycles. The van der Waals surface area contributed by atoms with E-state index in [0.29, 0.717) is 0 Å². The Morgan fingerprint density at radius 2 is 1.54 bits per heavy atom. The topological polar surface area (TPSA) is 201 Å². The number of anilines is 1. The minimum atomic E-state index is -4.84. The Labute approximate surface area is 229 Å². The fourth-order valence-corrected chi connectivity index (χ4v) is 6.07. The zero-order valence-electron chi connectivity index (χ0n) is 20.9. The van der Waals surface area contributed by atoms with Crippen molar-refractivity contribution in [1.29, 1.82) is 0 Å². The number of fused-ring (bicyclic) bond motifs is 1. The van der Waals surface area contributed by atoms with Gasteiger partial charge in [0, 0.05) is 12.0 Å². The SMILES string of the molecule is Nc1nc2c(ncn2C2CC(COP(=O)(O)Oc3ccccc3F)C2COP(=O)(O)Oc2ccccc2F)c(=O)[nH]1. The van der Waals surface area contributed by atoms with Crippen LogP contribution in [0.25, 0.3) is 11.2 Å². The number of para-hydroxylation sites is 2. The standard InChI is InChI=1S/C23H23F2N5O9P2/c24-15-5-1-3-7-18(15)38-40(32,33)36-10-13-9-17(30-12-27-20-21(30)28-23(26)29-22(20)31)14(13)11-37-41(34,35)39-19-8-4-2-6-16(19)25/h1-8,12-14,17H,9-11H2,(H,32,33)(H,34,35)(H3,26,28,29,31). The van der Waals surface area contributed by atoms with Crippen LogP contribution in [-0.2, 0) is 18.2 Å². The lowest BCUT2D eigenvalue weighted by molar-refractivity contribution is -0.00458. The number of nitrogens with one attached hydrogen (secondary N) is 1. The molecular weight excluding hydrogens is 590 g/mol. The molecule has 5 unspecified atom stereocenters. The van der Waals surface area contributed by atoms with Crippen LogP contribution < -0.4 is 20.3 Å². The summed E-state index contributed by atoms with van der Waals surface area (Å²) in [5.41, 5.74) is 5.22. The van der Waals surface area contributed by atoms with Gasteiger partial charge < -0.3 is 19.3 Å². The van der Waals surface area contributed by atoms with Crippen LogP contribution in [0.4, 0.5) is 14.7 Å². The summed E-state index contributed by atoms with van der Waals surface area (Å²) >= 11 is 0. The van der Waals surface area contributed by atoms with Crippen LogP contribution in [0.15, 0.2) is 59.7 Å². The van der Waals surface area contributed by atoms with E-state index >= 15 is 0 Å². The first kappa shape index (κ1) is 28.9.